The number of hydrogen-bond donors (Lipinski definition) is 1. The lowest BCUT2D eigenvalue weighted by Gasteiger charge is -2.18. The molecule has 0 heterocycles. The molecular weight excluding hydrogens is 404 g/mol. The van der Waals surface area contributed by atoms with Crippen molar-refractivity contribution < 1.29 is 19.1 Å². The number of benzene rings is 3. The molecule has 0 fully saturated rings. The van der Waals surface area contributed by atoms with Gasteiger partial charge in [-0.2, -0.15) is 5.26 Å². The smallest absolute Gasteiger partial charge is 0.339 e. The molecule has 1 unspecified atom stereocenters. The molecular formula is C26H22N2O4. The molecule has 1 amide bonds. The molecule has 32 heavy (non-hydrogen) atoms. The maximum Gasteiger partial charge on any atom is 0.339 e. The molecule has 3 aromatic carbocycles. The van der Waals surface area contributed by atoms with Gasteiger partial charge in [0, 0.05) is 16.8 Å². The van der Waals surface area contributed by atoms with E-state index in [0.717, 1.165) is 11.1 Å². The van der Waals surface area contributed by atoms with Crippen LogP contribution < -0.4 is 5.32 Å². The minimum atomic E-state index is -1.10. The van der Waals surface area contributed by atoms with Gasteiger partial charge in [0.1, 0.15) is 6.42 Å². The lowest BCUT2D eigenvalue weighted by Crippen LogP contribution is -2.20. The van der Waals surface area contributed by atoms with Crippen LogP contribution in [0.4, 0.5) is 5.69 Å². The Morgan fingerprint density at radius 1 is 0.844 bits per heavy atom. The van der Waals surface area contributed by atoms with Crippen LogP contribution in [0.1, 0.15) is 49.9 Å². The SMILES string of the molecule is Cc1ccc(C(=O)C(OC(=O)c2ccc(NC(=O)CC#N)cc2)c2ccc(C)cc2)cc1. The first-order chi connectivity index (χ1) is 15.4. The van der Waals surface area contributed by atoms with Crippen LogP contribution >= 0.6 is 0 Å². The molecule has 6 heteroatoms. The number of esters is 1. The summed E-state index contributed by atoms with van der Waals surface area (Å²) in [5.41, 5.74) is 3.76. The van der Waals surface area contributed by atoms with Gasteiger partial charge in [-0.1, -0.05) is 59.7 Å². The van der Waals surface area contributed by atoms with Crippen molar-refractivity contribution in [1.82, 2.24) is 0 Å². The summed E-state index contributed by atoms with van der Waals surface area (Å²) in [7, 11) is 0. The average Bonchev–Trinajstić information content (AvgIpc) is 2.79. The van der Waals surface area contributed by atoms with Crippen molar-refractivity contribution >= 4 is 23.3 Å². The number of rotatable bonds is 7. The third-order valence-corrected chi connectivity index (χ3v) is 4.82. The summed E-state index contributed by atoms with van der Waals surface area (Å²) in [6, 6.07) is 22.2. The molecule has 0 radical (unpaired) electrons. The average molecular weight is 426 g/mol. The monoisotopic (exact) mass is 426 g/mol. The van der Waals surface area contributed by atoms with Crippen molar-refractivity contribution in [2.24, 2.45) is 0 Å². The van der Waals surface area contributed by atoms with E-state index in [9.17, 15) is 14.4 Å². The van der Waals surface area contributed by atoms with E-state index in [0.29, 0.717) is 16.8 Å². The van der Waals surface area contributed by atoms with Crippen LogP contribution in [0.2, 0.25) is 0 Å². The Balaban J connectivity index is 1.82. The summed E-state index contributed by atoms with van der Waals surface area (Å²) >= 11 is 0. The summed E-state index contributed by atoms with van der Waals surface area (Å²) in [5.74, 6) is -1.42. The number of ether oxygens (including phenoxy) is 1. The molecule has 160 valence electrons. The number of carbonyl (C=O) groups excluding carboxylic acids is 3. The Labute approximate surface area is 186 Å². The standard InChI is InChI=1S/C26H22N2O4/c1-17-3-7-19(8-4-17)24(30)25(20-9-5-18(2)6-10-20)32-26(31)21-11-13-22(14-12-21)28-23(29)15-16-27/h3-14,25H,15H2,1-2H3,(H,28,29). The molecule has 3 rings (SSSR count). The molecule has 0 saturated heterocycles. The van der Waals surface area contributed by atoms with Crippen LogP contribution in [0, 0.1) is 25.2 Å². The number of anilines is 1. The van der Waals surface area contributed by atoms with E-state index in [1.54, 1.807) is 30.3 Å². The third kappa shape index (κ3) is 5.67. The maximum atomic E-state index is 13.2. The van der Waals surface area contributed by atoms with Gasteiger partial charge in [0.05, 0.1) is 11.6 Å². The van der Waals surface area contributed by atoms with E-state index in [4.69, 9.17) is 10.00 Å². The number of hydrogen-bond acceptors (Lipinski definition) is 5. The van der Waals surface area contributed by atoms with E-state index >= 15 is 0 Å². The predicted octanol–water partition coefficient (Wildman–Crippen LogP) is 4.94. The highest BCUT2D eigenvalue weighted by atomic mass is 16.5. The van der Waals surface area contributed by atoms with Crippen molar-refractivity contribution in [1.29, 1.82) is 5.26 Å². The Kier molecular flexibility index (Phi) is 7.14. The van der Waals surface area contributed by atoms with Gasteiger partial charge in [-0.15, -0.1) is 0 Å². The molecule has 3 aromatic rings. The zero-order chi connectivity index (χ0) is 23.1. The Bertz CT molecular complexity index is 1160. The molecule has 1 N–H and O–H groups in total. The molecule has 0 saturated carbocycles. The second-order valence-corrected chi connectivity index (χ2v) is 7.39. The lowest BCUT2D eigenvalue weighted by atomic mass is 9.98. The highest BCUT2D eigenvalue weighted by Crippen LogP contribution is 2.25. The van der Waals surface area contributed by atoms with Gasteiger partial charge < -0.3 is 10.1 Å². The third-order valence-electron chi connectivity index (χ3n) is 4.82. The largest absolute Gasteiger partial charge is 0.445 e. The summed E-state index contributed by atoms with van der Waals surface area (Å²) in [5, 5.41) is 11.1. The van der Waals surface area contributed by atoms with Gasteiger partial charge in [-0.05, 0) is 38.1 Å². The second kappa shape index (κ2) is 10.2. The van der Waals surface area contributed by atoms with Gasteiger partial charge in [0.15, 0.2) is 6.10 Å². The Morgan fingerprint density at radius 2 is 1.38 bits per heavy atom. The number of aryl methyl sites for hydroxylation is 2. The fraction of sp³-hybridized carbons (Fsp3) is 0.154. The number of nitrogens with one attached hydrogen (secondary N) is 1. The van der Waals surface area contributed by atoms with Crippen molar-refractivity contribution in [3.05, 3.63) is 101 Å². The highest BCUT2D eigenvalue weighted by Gasteiger charge is 2.27. The van der Waals surface area contributed by atoms with E-state index in [-0.39, 0.29) is 17.8 Å². The van der Waals surface area contributed by atoms with Crippen LogP contribution in [0.3, 0.4) is 0 Å². The van der Waals surface area contributed by atoms with Crippen LogP contribution in [-0.4, -0.2) is 17.7 Å². The number of nitrogens with zero attached hydrogens (tertiary/aromatic N) is 1. The van der Waals surface area contributed by atoms with Crippen LogP contribution in [-0.2, 0) is 9.53 Å². The number of ketones is 1. The lowest BCUT2D eigenvalue weighted by molar-refractivity contribution is -0.115. The van der Waals surface area contributed by atoms with Gasteiger partial charge in [0.25, 0.3) is 0 Å². The quantitative estimate of drug-likeness (QED) is 0.427. The van der Waals surface area contributed by atoms with Crippen LogP contribution in [0.15, 0.2) is 72.8 Å². The van der Waals surface area contributed by atoms with E-state index in [2.05, 4.69) is 5.32 Å². The molecule has 0 spiro atoms. The minimum absolute atomic E-state index is 0.233. The van der Waals surface area contributed by atoms with Gasteiger partial charge in [-0.3, -0.25) is 9.59 Å². The molecule has 0 aliphatic rings. The van der Waals surface area contributed by atoms with Crippen LogP contribution in [0.25, 0.3) is 0 Å². The molecule has 1 atom stereocenters. The molecule has 6 nitrogen and oxygen atoms in total. The molecule has 0 aliphatic carbocycles. The zero-order valence-electron chi connectivity index (χ0n) is 17.8. The number of amides is 1. The van der Waals surface area contributed by atoms with Crippen LogP contribution in [0.5, 0.6) is 0 Å². The minimum Gasteiger partial charge on any atom is -0.445 e. The normalized spacial score (nSPS) is 11.2. The Hall–Kier alpha value is -4.24. The van der Waals surface area contributed by atoms with Gasteiger partial charge in [0.2, 0.25) is 11.7 Å². The van der Waals surface area contributed by atoms with Crippen molar-refractivity contribution in [3.63, 3.8) is 0 Å². The van der Waals surface area contributed by atoms with Gasteiger partial charge in [-0.25, -0.2) is 4.79 Å². The Morgan fingerprint density at radius 3 is 1.94 bits per heavy atom. The topological polar surface area (TPSA) is 96.3 Å². The van der Waals surface area contributed by atoms with Crippen molar-refractivity contribution in [2.45, 2.75) is 26.4 Å². The van der Waals surface area contributed by atoms with E-state index in [1.807, 2.05) is 38.1 Å². The zero-order valence-corrected chi connectivity index (χ0v) is 17.8. The fourth-order valence-electron chi connectivity index (χ4n) is 3.03. The molecule has 0 bridgehead atoms. The number of carbonyl (C=O) groups is 3. The first-order valence-electron chi connectivity index (χ1n) is 10.0. The van der Waals surface area contributed by atoms with Crippen molar-refractivity contribution in [2.75, 3.05) is 5.32 Å². The first-order valence-corrected chi connectivity index (χ1v) is 10.0. The summed E-state index contributed by atoms with van der Waals surface area (Å²) < 4.78 is 5.65. The second-order valence-electron chi connectivity index (χ2n) is 7.39. The summed E-state index contributed by atoms with van der Waals surface area (Å²) in [6.07, 6.45) is -1.36. The summed E-state index contributed by atoms with van der Waals surface area (Å²) in [6.45, 7) is 3.86. The number of Topliss-reactive ketones (excluding diaryl/α,β-unsaturated/α-hetero) is 1. The van der Waals surface area contributed by atoms with E-state index in [1.165, 1.54) is 24.3 Å². The predicted molar refractivity (Wildman–Crippen MR) is 120 cm³/mol. The highest BCUT2D eigenvalue weighted by molar-refractivity contribution is 6.02. The first kappa shape index (κ1) is 22.4. The number of nitriles is 1. The summed E-state index contributed by atoms with van der Waals surface area (Å²) in [4.78, 5) is 37.5. The fourth-order valence-corrected chi connectivity index (χ4v) is 3.03. The molecule has 0 aromatic heterocycles. The van der Waals surface area contributed by atoms with E-state index < -0.39 is 18.0 Å². The van der Waals surface area contributed by atoms with Gasteiger partial charge >= 0.3 is 5.97 Å². The maximum absolute atomic E-state index is 13.2. The molecule has 0 aliphatic heterocycles. The van der Waals surface area contributed by atoms with Crippen molar-refractivity contribution in [3.8, 4) is 6.07 Å².